The maximum Gasteiger partial charge on any atom is 0.304 e. The van der Waals surface area contributed by atoms with Gasteiger partial charge >= 0.3 is 5.97 Å². The van der Waals surface area contributed by atoms with Crippen molar-refractivity contribution in [3.05, 3.63) is 23.8 Å². The second-order valence-electron chi connectivity index (χ2n) is 5.80. The predicted molar refractivity (Wildman–Crippen MR) is 84.1 cm³/mol. The molecule has 122 valence electrons. The van der Waals surface area contributed by atoms with Crippen LogP contribution in [0.15, 0.2) is 18.2 Å². The first-order chi connectivity index (χ1) is 10.5. The van der Waals surface area contributed by atoms with Crippen molar-refractivity contribution in [2.24, 2.45) is 5.73 Å². The minimum Gasteiger partial charge on any atom is -0.493 e. The lowest BCUT2D eigenvalue weighted by atomic mass is 9.79. The number of benzene rings is 1. The molecule has 0 aliphatic heterocycles. The molecule has 0 heterocycles. The molecule has 0 spiro atoms. The normalized spacial score (nSPS) is 24.6. The van der Waals surface area contributed by atoms with Gasteiger partial charge in [0.25, 0.3) is 0 Å². The third-order valence-corrected chi connectivity index (χ3v) is 4.05. The van der Waals surface area contributed by atoms with Crippen LogP contribution in [0.5, 0.6) is 11.5 Å². The standard InChI is InChI=1S/C17H25NO4/c1-4-21-16-10-13(7-8-15(16)20-3)14-6-5-9-17(18,11-14)22-12(2)19/h7-8,10,14H,4-6,9,11,18H2,1-3H3. The zero-order valence-corrected chi connectivity index (χ0v) is 13.6. The van der Waals surface area contributed by atoms with E-state index in [4.69, 9.17) is 19.9 Å². The van der Waals surface area contributed by atoms with Gasteiger partial charge < -0.3 is 14.2 Å². The first kappa shape index (κ1) is 16.6. The molecule has 22 heavy (non-hydrogen) atoms. The molecule has 0 amide bonds. The fourth-order valence-corrected chi connectivity index (χ4v) is 3.15. The Bertz CT molecular complexity index is 531. The minimum atomic E-state index is -0.861. The maximum absolute atomic E-state index is 11.2. The molecule has 1 aliphatic rings. The number of hydrogen-bond acceptors (Lipinski definition) is 5. The molecule has 0 bridgehead atoms. The summed E-state index contributed by atoms with van der Waals surface area (Å²) in [6.07, 6.45) is 3.30. The summed E-state index contributed by atoms with van der Waals surface area (Å²) in [4.78, 5) is 11.2. The number of carbonyl (C=O) groups excluding carboxylic acids is 1. The van der Waals surface area contributed by atoms with Crippen molar-refractivity contribution in [2.45, 2.75) is 51.2 Å². The van der Waals surface area contributed by atoms with Crippen molar-refractivity contribution in [3.63, 3.8) is 0 Å². The fourth-order valence-electron chi connectivity index (χ4n) is 3.15. The molecule has 0 saturated heterocycles. The van der Waals surface area contributed by atoms with Crippen LogP contribution in [0.2, 0.25) is 0 Å². The van der Waals surface area contributed by atoms with Crippen molar-refractivity contribution in [1.82, 2.24) is 0 Å². The number of carbonyl (C=O) groups is 1. The van der Waals surface area contributed by atoms with Gasteiger partial charge in [-0.1, -0.05) is 6.07 Å². The van der Waals surface area contributed by atoms with Gasteiger partial charge in [-0.05, 0) is 43.4 Å². The van der Waals surface area contributed by atoms with Gasteiger partial charge in [-0.3, -0.25) is 10.5 Å². The van der Waals surface area contributed by atoms with Crippen molar-refractivity contribution in [2.75, 3.05) is 13.7 Å². The van der Waals surface area contributed by atoms with Crippen molar-refractivity contribution in [1.29, 1.82) is 0 Å². The van der Waals surface area contributed by atoms with E-state index in [9.17, 15) is 4.79 Å². The van der Waals surface area contributed by atoms with E-state index in [1.807, 2.05) is 25.1 Å². The van der Waals surface area contributed by atoms with Crippen LogP contribution >= 0.6 is 0 Å². The monoisotopic (exact) mass is 307 g/mol. The van der Waals surface area contributed by atoms with Crippen molar-refractivity contribution in [3.8, 4) is 11.5 Å². The third-order valence-electron chi connectivity index (χ3n) is 4.05. The number of nitrogens with two attached hydrogens (primary N) is 1. The largest absolute Gasteiger partial charge is 0.493 e. The maximum atomic E-state index is 11.2. The average molecular weight is 307 g/mol. The van der Waals surface area contributed by atoms with E-state index in [2.05, 4.69) is 0 Å². The van der Waals surface area contributed by atoms with Crippen LogP contribution in [0.4, 0.5) is 0 Å². The molecule has 2 rings (SSSR count). The number of esters is 1. The summed E-state index contributed by atoms with van der Waals surface area (Å²) < 4.78 is 16.3. The van der Waals surface area contributed by atoms with Crippen molar-refractivity contribution >= 4 is 5.97 Å². The van der Waals surface area contributed by atoms with E-state index >= 15 is 0 Å². The summed E-state index contributed by atoms with van der Waals surface area (Å²) >= 11 is 0. The van der Waals surface area contributed by atoms with Gasteiger partial charge in [0.15, 0.2) is 17.2 Å². The molecule has 1 fully saturated rings. The highest BCUT2D eigenvalue weighted by Crippen LogP contribution is 2.40. The number of rotatable bonds is 5. The zero-order chi connectivity index (χ0) is 16.2. The molecule has 1 aromatic rings. The Morgan fingerprint density at radius 3 is 2.82 bits per heavy atom. The minimum absolute atomic E-state index is 0.253. The van der Waals surface area contributed by atoms with E-state index in [-0.39, 0.29) is 11.9 Å². The first-order valence-electron chi connectivity index (χ1n) is 7.76. The van der Waals surface area contributed by atoms with E-state index in [0.717, 1.165) is 29.9 Å². The summed E-state index contributed by atoms with van der Waals surface area (Å²) in [5.41, 5.74) is 6.53. The molecule has 2 unspecified atom stereocenters. The van der Waals surface area contributed by atoms with Crippen LogP contribution in [0, 0.1) is 0 Å². The summed E-state index contributed by atoms with van der Waals surface area (Å²) in [5.74, 6) is 1.39. The average Bonchev–Trinajstić information content (AvgIpc) is 2.46. The second-order valence-corrected chi connectivity index (χ2v) is 5.80. The number of hydrogen-bond donors (Lipinski definition) is 1. The molecule has 1 aliphatic carbocycles. The summed E-state index contributed by atoms with van der Waals surface area (Å²) in [7, 11) is 1.63. The Morgan fingerprint density at radius 1 is 1.41 bits per heavy atom. The van der Waals surface area contributed by atoms with Gasteiger partial charge in [0.05, 0.1) is 13.7 Å². The van der Waals surface area contributed by atoms with Gasteiger partial charge in [-0.15, -0.1) is 0 Å². The highest BCUT2D eigenvalue weighted by molar-refractivity contribution is 5.66. The zero-order valence-electron chi connectivity index (χ0n) is 13.6. The van der Waals surface area contributed by atoms with Crippen LogP contribution < -0.4 is 15.2 Å². The van der Waals surface area contributed by atoms with E-state index < -0.39 is 5.72 Å². The molecule has 5 heteroatoms. The van der Waals surface area contributed by atoms with Crippen LogP contribution in [0.3, 0.4) is 0 Å². The van der Waals surface area contributed by atoms with E-state index in [0.29, 0.717) is 19.4 Å². The molecule has 1 aromatic carbocycles. The lowest BCUT2D eigenvalue weighted by molar-refractivity contribution is -0.160. The predicted octanol–water partition coefficient (Wildman–Crippen LogP) is 2.97. The third kappa shape index (κ3) is 3.91. The van der Waals surface area contributed by atoms with Gasteiger partial charge in [-0.2, -0.15) is 0 Å². The molecule has 2 atom stereocenters. The van der Waals surface area contributed by atoms with Gasteiger partial charge in [0.2, 0.25) is 0 Å². The topological polar surface area (TPSA) is 70.8 Å². The highest BCUT2D eigenvalue weighted by Gasteiger charge is 2.36. The Hall–Kier alpha value is -1.75. The van der Waals surface area contributed by atoms with Crippen molar-refractivity contribution < 1.29 is 19.0 Å². The summed E-state index contributed by atoms with van der Waals surface area (Å²) in [5, 5.41) is 0. The fraction of sp³-hybridized carbons (Fsp3) is 0.588. The smallest absolute Gasteiger partial charge is 0.304 e. The van der Waals surface area contributed by atoms with Gasteiger partial charge in [0.1, 0.15) is 0 Å². The van der Waals surface area contributed by atoms with E-state index in [1.54, 1.807) is 7.11 Å². The van der Waals surface area contributed by atoms with Crippen LogP contribution in [0.1, 0.15) is 51.0 Å². The lowest BCUT2D eigenvalue weighted by Gasteiger charge is -2.37. The Balaban J connectivity index is 2.20. The molecule has 0 radical (unpaired) electrons. The van der Waals surface area contributed by atoms with Crippen LogP contribution in [0.25, 0.3) is 0 Å². The molecule has 5 nitrogen and oxygen atoms in total. The molecule has 0 aromatic heterocycles. The van der Waals surface area contributed by atoms with E-state index in [1.165, 1.54) is 6.92 Å². The number of methoxy groups -OCH3 is 1. The Labute approximate surface area is 131 Å². The molecular formula is C17H25NO4. The SMILES string of the molecule is CCOc1cc(C2CCCC(N)(OC(C)=O)C2)ccc1OC. The Morgan fingerprint density at radius 2 is 2.18 bits per heavy atom. The molecular weight excluding hydrogens is 282 g/mol. The number of ether oxygens (including phenoxy) is 3. The van der Waals surface area contributed by atoms with Crippen LogP contribution in [-0.4, -0.2) is 25.4 Å². The van der Waals surface area contributed by atoms with Crippen LogP contribution in [-0.2, 0) is 9.53 Å². The molecule has 1 saturated carbocycles. The first-order valence-corrected chi connectivity index (χ1v) is 7.76. The lowest BCUT2D eigenvalue weighted by Crippen LogP contribution is -2.47. The van der Waals surface area contributed by atoms with Gasteiger partial charge in [0, 0.05) is 19.8 Å². The van der Waals surface area contributed by atoms with Gasteiger partial charge in [-0.25, -0.2) is 0 Å². The summed E-state index contributed by atoms with van der Waals surface area (Å²) in [6, 6.07) is 5.96. The highest BCUT2D eigenvalue weighted by atomic mass is 16.6. The quantitative estimate of drug-likeness (QED) is 0.669. The Kier molecular flexibility index (Phi) is 5.29. The second kappa shape index (κ2) is 7.01. The summed E-state index contributed by atoms with van der Waals surface area (Å²) in [6.45, 7) is 3.93. The molecule has 2 N–H and O–H groups in total.